The lowest BCUT2D eigenvalue weighted by Gasteiger charge is -2.19. The van der Waals surface area contributed by atoms with Gasteiger partial charge in [-0.2, -0.15) is 0 Å². The van der Waals surface area contributed by atoms with Crippen LogP contribution in [0.15, 0.2) is 0 Å². The van der Waals surface area contributed by atoms with Crippen LogP contribution in [0.5, 0.6) is 0 Å². The summed E-state index contributed by atoms with van der Waals surface area (Å²) in [6.45, 7) is 1.32. The fourth-order valence-corrected chi connectivity index (χ4v) is 2.81. The van der Waals surface area contributed by atoms with Gasteiger partial charge in [-0.25, -0.2) is 8.42 Å². The molecule has 0 radical (unpaired) electrons. The Morgan fingerprint density at radius 1 is 1.38 bits per heavy atom. The number of hydrogen-bond donors (Lipinski definition) is 1. The molecule has 1 aliphatic rings. The molecule has 0 bridgehead atoms. The van der Waals surface area contributed by atoms with Crippen LogP contribution < -0.4 is 5.32 Å². The van der Waals surface area contributed by atoms with Crippen molar-refractivity contribution in [1.82, 2.24) is 10.2 Å². The van der Waals surface area contributed by atoms with Gasteiger partial charge < -0.3 is 4.90 Å². The first-order valence-electron chi connectivity index (χ1n) is 5.17. The summed E-state index contributed by atoms with van der Waals surface area (Å²) in [5, 5.41) is 2.80. The molecule has 1 saturated heterocycles. The highest BCUT2D eigenvalue weighted by atomic mass is 32.2. The number of nitrogens with one attached hydrogen (secondary N) is 1. The van der Waals surface area contributed by atoms with Gasteiger partial charge in [0.1, 0.15) is 0 Å². The molecule has 0 saturated carbocycles. The van der Waals surface area contributed by atoms with Gasteiger partial charge >= 0.3 is 0 Å². The number of amides is 1. The lowest BCUT2D eigenvalue weighted by molar-refractivity contribution is -0.129. The molecule has 0 aromatic carbocycles. The van der Waals surface area contributed by atoms with Crippen LogP contribution >= 0.6 is 0 Å². The number of hydrogen-bond acceptors (Lipinski definition) is 4. The van der Waals surface area contributed by atoms with E-state index in [4.69, 9.17) is 6.42 Å². The zero-order chi connectivity index (χ0) is 12.0. The fourth-order valence-electron chi connectivity index (χ4n) is 1.54. The van der Waals surface area contributed by atoms with Crippen molar-refractivity contribution in [3.8, 4) is 12.3 Å². The number of rotatable bonds is 3. The Hall–Kier alpha value is -1.06. The van der Waals surface area contributed by atoms with Crippen molar-refractivity contribution in [2.45, 2.75) is 6.42 Å². The normalized spacial score (nSPS) is 19.8. The zero-order valence-corrected chi connectivity index (χ0v) is 9.92. The maximum Gasteiger partial charge on any atom is 0.236 e. The van der Waals surface area contributed by atoms with Gasteiger partial charge in [0.2, 0.25) is 5.91 Å². The maximum atomic E-state index is 11.6. The largest absolute Gasteiger partial charge is 0.341 e. The Labute approximate surface area is 96.1 Å². The second-order valence-electron chi connectivity index (χ2n) is 3.69. The first kappa shape index (κ1) is 13.0. The lowest BCUT2D eigenvalue weighted by Crippen LogP contribution is -2.39. The van der Waals surface area contributed by atoms with Gasteiger partial charge in [-0.3, -0.25) is 10.1 Å². The number of nitrogens with zero attached hydrogens (tertiary/aromatic N) is 1. The molecule has 1 N–H and O–H groups in total. The summed E-state index contributed by atoms with van der Waals surface area (Å²) in [5.41, 5.74) is 0. The highest BCUT2D eigenvalue weighted by Crippen LogP contribution is 2.04. The van der Waals surface area contributed by atoms with Crippen molar-refractivity contribution in [1.29, 1.82) is 0 Å². The number of terminal acetylenes is 1. The monoisotopic (exact) mass is 244 g/mol. The maximum absolute atomic E-state index is 11.6. The summed E-state index contributed by atoms with van der Waals surface area (Å²) in [6.07, 6.45) is 5.55. The van der Waals surface area contributed by atoms with Gasteiger partial charge in [0, 0.05) is 13.1 Å². The molecule has 0 atom stereocenters. The standard InChI is InChI=1S/C10H16N2O3S/c1-2-4-11-9-10(13)12-5-3-7-16(14,15)8-6-12/h1,11H,3-9H2. The van der Waals surface area contributed by atoms with Crippen LogP contribution in [0.25, 0.3) is 0 Å². The van der Waals surface area contributed by atoms with Crippen molar-refractivity contribution in [3.63, 3.8) is 0 Å². The molecule has 1 fully saturated rings. The van der Waals surface area contributed by atoms with Crippen LogP contribution in [-0.4, -0.2) is 56.9 Å². The Morgan fingerprint density at radius 3 is 2.81 bits per heavy atom. The van der Waals surface area contributed by atoms with Gasteiger partial charge in [0.15, 0.2) is 9.84 Å². The van der Waals surface area contributed by atoms with Crippen LogP contribution in [0.1, 0.15) is 6.42 Å². The SMILES string of the molecule is C#CCNCC(=O)N1CCCS(=O)(=O)CC1. The first-order chi connectivity index (χ1) is 7.55. The Bertz CT molecular complexity index is 383. The van der Waals surface area contributed by atoms with E-state index in [9.17, 15) is 13.2 Å². The minimum Gasteiger partial charge on any atom is -0.341 e. The summed E-state index contributed by atoms with van der Waals surface area (Å²) in [6, 6.07) is 0. The molecule has 1 heterocycles. The van der Waals surface area contributed by atoms with E-state index in [1.54, 1.807) is 4.90 Å². The van der Waals surface area contributed by atoms with Crippen molar-refractivity contribution in [2.75, 3.05) is 37.7 Å². The highest BCUT2D eigenvalue weighted by Gasteiger charge is 2.21. The number of carbonyl (C=O) groups is 1. The van der Waals surface area contributed by atoms with E-state index in [2.05, 4.69) is 11.2 Å². The molecule has 16 heavy (non-hydrogen) atoms. The Kier molecular flexibility index (Phi) is 4.77. The van der Waals surface area contributed by atoms with E-state index in [-0.39, 0.29) is 24.0 Å². The highest BCUT2D eigenvalue weighted by molar-refractivity contribution is 7.91. The molecular weight excluding hydrogens is 228 g/mol. The third-order valence-electron chi connectivity index (χ3n) is 2.41. The first-order valence-corrected chi connectivity index (χ1v) is 7.00. The van der Waals surface area contributed by atoms with E-state index in [0.717, 1.165) is 0 Å². The van der Waals surface area contributed by atoms with Gasteiger partial charge in [0.25, 0.3) is 0 Å². The molecular formula is C10H16N2O3S. The molecule has 0 unspecified atom stereocenters. The lowest BCUT2D eigenvalue weighted by atomic mass is 10.4. The minimum atomic E-state index is -2.96. The van der Waals surface area contributed by atoms with Crippen LogP contribution in [0.4, 0.5) is 0 Å². The predicted octanol–water partition coefficient (Wildman–Crippen LogP) is -1.14. The van der Waals surface area contributed by atoms with Gasteiger partial charge in [-0.15, -0.1) is 6.42 Å². The van der Waals surface area contributed by atoms with Gasteiger partial charge in [0.05, 0.1) is 24.6 Å². The van der Waals surface area contributed by atoms with E-state index in [1.165, 1.54) is 0 Å². The topological polar surface area (TPSA) is 66.5 Å². The third kappa shape index (κ3) is 4.21. The van der Waals surface area contributed by atoms with E-state index >= 15 is 0 Å². The van der Waals surface area contributed by atoms with Crippen molar-refractivity contribution >= 4 is 15.7 Å². The summed E-state index contributed by atoms with van der Waals surface area (Å²) in [5.74, 6) is 2.52. The fraction of sp³-hybridized carbons (Fsp3) is 0.700. The van der Waals surface area contributed by atoms with Crippen LogP contribution in [0, 0.1) is 12.3 Å². The molecule has 0 aliphatic carbocycles. The van der Waals surface area contributed by atoms with Crippen molar-refractivity contribution in [2.24, 2.45) is 0 Å². The molecule has 6 heteroatoms. The smallest absolute Gasteiger partial charge is 0.236 e. The average Bonchev–Trinajstić information content (AvgIpc) is 2.39. The van der Waals surface area contributed by atoms with E-state index in [0.29, 0.717) is 26.1 Å². The number of carbonyl (C=O) groups excluding carboxylic acids is 1. The van der Waals surface area contributed by atoms with Crippen LogP contribution in [0.3, 0.4) is 0 Å². The van der Waals surface area contributed by atoms with Crippen LogP contribution in [-0.2, 0) is 14.6 Å². The number of sulfone groups is 1. The third-order valence-corrected chi connectivity index (χ3v) is 4.13. The molecule has 1 amide bonds. The molecule has 90 valence electrons. The second kappa shape index (κ2) is 5.87. The Morgan fingerprint density at radius 2 is 2.12 bits per heavy atom. The van der Waals surface area contributed by atoms with E-state index < -0.39 is 9.84 Å². The molecule has 0 aromatic rings. The van der Waals surface area contributed by atoms with Crippen molar-refractivity contribution < 1.29 is 13.2 Å². The predicted molar refractivity (Wildman–Crippen MR) is 61.6 cm³/mol. The minimum absolute atomic E-state index is 0.0634. The molecule has 1 rings (SSSR count). The Balaban J connectivity index is 2.43. The second-order valence-corrected chi connectivity index (χ2v) is 6.00. The zero-order valence-electron chi connectivity index (χ0n) is 9.11. The summed E-state index contributed by atoms with van der Waals surface area (Å²) in [7, 11) is -2.96. The average molecular weight is 244 g/mol. The molecule has 1 aliphatic heterocycles. The summed E-state index contributed by atoms with van der Waals surface area (Å²) >= 11 is 0. The van der Waals surface area contributed by atoms with E-state index in [1.807, 2.05) is 0 Å². The quantitative estimate of drug-likeness (QED) is 0.503. The molecule has 0 spiro atoms. The molecule has 5 nitrogen and oxygen atoms in total. The van der Waals surface area contributed by atoms with Crippen LogP contribution in [0.2, 0.25) is 0 Å². The van der Waals surface area contributed by atoms with Crippen molar-refractivity contribution in [3.05, 3.63) is 0 Å². The van der Waals surface area contributed by atoms with Gasteiger partial charge in [-0.05, 0) is 6.42 Å². The molecule has 0 aromatic heterocycles. The summed E-state index contributed by atoms with van der Waals surface area (Å²) < 4.78 is 22.6. The summed E-state index contributed by atoms with van der Waals surface area (Å²) in [4.78, 5) is 13.2. The van der Waals surface area contributed by atoms with Gasteiger partial charge in [-0.1, -0.05) is 5.92 Å².